The lowest BCUT2D eigenvalue weighted by atomic mass is 10.1. The van der Waals surface area contributed by atoms with Crippen LogP contribution in [-0.2, 0) is 5.88 Å². The maximum absolute atomic E-state index is 6.08. The number of hydrogen-bond acceptors (Lipinski definition) is 1. The second-order valence-corrected chi connectivity index (χ2v) is 5.93. The molecule has 0 fully saturated rings. The topological polar surface area (TPSA) is 17.8 Å². The van der Waals surface area contributed by atoms with Crippen LogP contribution in [0.5, 0.6) is 0 Å². The molecule has 4 heteroatoms. The molecule has 0 amide bonds. The number of rotatable bonds is 3. The third kappa shape index (κ3) is 2.36. The van der Waals surface area contributed by atoms with Crippen molar-refractivity contribution in [1.82, 2.24) is 9.55 Å². The Kier molecular flexibility index (Phi) is 3.81. The monoisotopic (exact) mass is 348 g/mol. The van der Waals surface area contributed by atoms with E-state index in [1.165, 1.54) is 5.56 Å². The fraction of sp³-hybridized carbons (Fsp3) is 0.188. The minimum atomic E-state index is 0.198. The van der Waals surface area contributed by atoms with Gasteiger partial charge >= 0.3 is 0 Å². The molecule has 0 saturated heterocycles. The molecule has 0 aliphatic carbocycles. The van der Waals surface area contributed by atoms with Gasteiger partial charge in [-0.15, -0.1) is 11.6 Å². The Hall–Kier alpha value is -1.32. The summed E-state index contributed by atoms with van der Waals surface area (Å²) in [6.45, 7) is 2.17. The van der Waals surface area contributed by atoms with Crippen LogP contribution in [0.4, 0.5) is 0 Å². The molecule has 3 aromatic rings. The predicted molar refractivity (Wildman–Crippen MR) is 87.2 cm³/mol. The van der Waals surface area contributed by atoms with E-state index in [9.17, 15) is 0 Å². The van der Waals surface area contributed by atoms with Gasteiger partial charge in [-0.1, -0.05) is 46.3 Å². The minimum Gasteiger partial charge on any atom is -0.320 e. The van der Waals surface area contributed by atoms with Crippen molar-refractivity contribution < 1.29 is 0 Å². The van der Waals surface area contributed by atoms with Gasteiger partial charge < -0.3 is 4.57 Å². The van der Waals surface area contributed by atoms with Gasteiger partial charge in [0, 0.05) is 4.47 Å². The largest absolute Gasteiger partial charge is 0.320 e. The van der Waals surface area contributed by atoms with Crippen LogP contribution in [0.25, 0.3) is 11.0 Å². The van der Waals surface area contributed by atoms with Gasteiger partial charge in [0.25, 0.3) is 0 Å². The molecule has 1 aromatic heterocycles. The number of benzene rings is 2. The van der Waals surface area contributed by atoms with Gasteiger partial charge in [-0.05, 0) is 30.7 Å². The Labute approximate surface area is 131 Å². The minimum absolute atomic E-state index is 0.198. The Morgan fingerprint density at radius 2 is 1.95 bits per heavy atom. The molecule has 0 N–H and O–H groups in total. The standard InChI is InChI=1S/C16H14BrClN2/c1-11(12-5-3-2-4-6-12)20-15-9-13(17)7-8-14(15)19-16(20)10-18/h2-9,11H,10H2,1H3. The van der Waals surface area contributed by atoms with Crippen molar-refractivity contribution in [2.75, 3.05) is 0 Å². The lowest BCUT2D eigenvalue weighted by molar-refractivity contribution is 0.634. The van der Waals surface area contributed by atoms with Gasteiger partial charge in [0.15, 0.2) is 0 Å². The van der Waals surface area contributed by atoms with E-state index in [0.29, 0.717) is 5.88 Å². The van der Waals surface area contributed by atoms with Gasteiger partial charge in [-0.3, -0.25) is 0 Å². The molecule has 1 unspecified atom stereocenters. The summed E-state index contributed by atoms with van der Waals surface area (Å²) in [5.74, 6) is 1.31. The summed E-state index contributed by atoms with van der Waals surface area (Å²) in [6.07, 6.45) is 0. The number of halogens is 2. The summed E-state index contributed by atoms with van der Waals surface area (Å²) in [6, 6.07) is 16.7. The van der Waals surface area contributed by atoms with Crippen LogP contribution >= 0.6 is 27.5 Å². The first-order valence-electron chi connectivity index (χ1n) is 6.48. The van der Waals surface area contributed by atoms with E-state index in [4.69, 9.17) is 11.6 Å². The molecule has 0 aliphatic heterocycles. The van der Waals surface area contributed by atoms with Crippen LogP contribution in [0.2, 0.25) is 0 Å². The lowest BCUT2D eigenvalue weighted by Gasteiger charge is -2.17. The van der Waals surface area contributed by atoms with Gasteiger partial charge in [0.1, 0.15) is 5.82 Å². The molecular formula is C16H14BrClN2. The molecule has 2 aromatic carbocycles. The smallest absolute Gasteiger partial charge is 0.125 e. The first-order valence-corrected chi connectivity index (χ1v) is 7.80. The van der Waals surface area contributed by atoms with E-state index in [1.54, 1.807) is 0 Å². The molecule has 102 valence electrons. The Balaban J connectivity index is 2.21. The van der Waals surface area contributed by atoms with Gasteiger partial charge in [0.05, 0.1) is 23.0 Å². The van der Waals surface area contributed by atoms with Crippen molar-refractivity contribution >= 4 is 38.6 Å². The van der Waals surface area contributed by atoms with Crippen molar-refractivity contribution in [1.29, 1.82) is 0 Å². The second kappa shape index (κ2) is 5.58. The first-order chi connectivity index (χ1) is 9.70. The zero-order valence-corrected chi connectivity index (χ0v) is 13.4. The molecular weight excluding hydrogens is 336 g/mol. The normalized spacial score (nSPS) is 12.8. The number of alkyl halides is 1. The van der Waals surface area contributed by atoms with E-state index in [1.807, 2.05) is 18.2 Å². The van der Waals surface area contributed by atoms with Crippen molar-refractivity contribution in [3.05, 3.63) is 64.4 Å². The van der Waals surface area contributed by atoms with Crippen LogP contribution in [0, 0.1) is 0 Å². The third-order valence-electron chi connectivity index (χ3n) is 3.51. The fourth-order valence-corrected chi connectivity index (χ4v) is 3.06. The highest BCUT2D eigenvalue weighted by atomic mass is 79.9. The second-order valence-electron chi connectivity index (χ2n) is 4.75. The van der Waals surface area contributed by atoms with E-state index < -0.39 is 0 Å². The number of aromatic nitrogens is 2. The van der Waals surface area contributed by atoms with E-state index >= 15 is 0 Å². The number of hydrogen-bond donors (Lipinski definition) is 0. The summed E-state index contributed by atoms with van der Waals surface area (Å²) in [4.78, 5) is 4.63. The van der Waals surface area contributed by atoms with Crippen molar-refractivity contribution in [3.63, 3.8) is 0 Å². The van der Waals surface area contributed by atoms with Crippen LogP contribution in [-0.4, -0.2) is 9.55 Å². The zero-order chi connectivity index (χ0) is 14.1. The number of nitrogens with zero attached hydrogens (tertiary/aromatic N) is 2. The molecule has 2 nitrogen and oxygen atoms in total. The summed E-state index contributed by atoms with van der Waals surface area (Å²) < 4.78 is 3.26. The van der Waals surface area contributed by atoms with E-state index in [0.717, 1.165) is 21.3 Å². The summed E-state index contributed by atoms with van der Waals surface area (Å²) >= 11 is 9.61. The average molecular weight is 350 g/mol. The van der Waals surface area contributed by atoms with Crippen LogP contribution in [0.15, 0.2) is 53.0 Å². The first kappa shape index (κ1) is 13.7. The van der Waals surface area contributed by atoms with Crippen LogP contribution < -0.4 is 0 Å². The highest BCUT2D eigenvalue weighted by Gasteiger charge is 2.16. The summed E-state index contributed by atoms with van der Waals surface area (Å²) in [5, 5.41) is 0. The molecule has 3 rings (SSSR count). The maximum atomic E-state index is 6.08. The third-order valence-corrected chi connectivity index (χ3v) is 4.25. The van der Waals surface area contributed by atoms with E-state index in [-0.39, 0.29) is 6.04 Å². The number of fused-ring (bicyclic) bond motifs is 1. The lowest BCUT2D eigenvalue weighted by Crippen LogP contribution is -2.09. The molecule has 1 atom stereocenters. The molecule has 0 radical (unpaired) electrons. The molecule has 1 heterocycles. The van der Waals surface area contributed by atoms with Crippen molar-refractivity contribution in [2.45, 2.75) is 18.8 Å². The molecule has 0 bridgehead atoms. The Bertz CT molecular complexity index is 737. The highest BCUT2D eigenvalue weighted by Crippen LogP contribution is 2.28. The maximum Gasteiger partial charge on any atom is 0.125 e. The fourth-order valence-electron chi connectivity index (χ4n) is 2.52. The predicted octanol–water partition coefficient (Wildman–Crippen LogP) is 5.15. The Morgan fingerprint density at radius 1 is 1.20 bits per heavy atom. The van der Waals surface area contributed by atoms with E-state index in [2.05, 4.69) is 62.7 Å². The van der Waals surface area contributed by atoms with Gasteiger partial charge in [-0.25, -0.2) is 4.98 Å². The number of imidazole rings is 1. The molecule has 0 aliphatic rings. The quantitative estimate of drug-likeness (QED) is 0.598. The summed E-state index contributed by atoms with van der Waals surface area (Å²) in [7, 11) is 0. The molecule has 0 saturated carbocycles. The zero-order valence-electron chi connectivity index (χ0n) is 11.1. The highest BCUT2D eigenvalue weighted by molar-refractivity contribution is 9.10. The molecule has 0 spiro atoms. The van der Waals surface area contributed by atoms with Crippen LogP contribution in [0.3, 0.4) is 0 Å². The summed E-state index contributed by atoms with van der Waals surface area (Å²) in [5.41, 5.74) is 3.33. The van der Waals surface area contributed by atoms with Gasteiger partial charge in [0.2, 0.25) is 0 Å². The SMILES string of the molecule is CC(c1ccccc1)n1c(CCl)nc2ccc(Br)cc21. The Morgan fingerprint density at radius 3 is 2.65 bits per heavy atom. The van der Waals surface area contributed by atoms with Crippen molar-refractivity contribution in [3.8, 4) is 0 Å². The van der Waals surface area contributed by atoms with Crippen LogP contribution in [0.1, 0.15) is 24.4 Å². The van der Waals surface area contributed by atoms with Crippen molar-refractivity contribution in [2.24, 2.45) is 0 Å². The molecule has 20 heavy (non-hydrogen) atoms. The van der Waals surface area contributed by atoms with Gasteiger partial charge in [-0.2, -0.15) is 0 Å². The average Bonchev–Trinajstić information content (AvgIpc) is 2.85.